The zero-order chi connectivity index (χ0) is 18.4. The molecule has 26 heavy (non-hydrogen) atoms. The van der Waals surface area contributed by atoms with E-state index in [9.17, 15) is 4.79 Å². The Hall–Kier alpha value is -3.13. The van der Waals surface area contributed by atoms with Crippen molar-refractivity contribution >= 4 is 18.1 Å². The predicted octanol–water partition coefficient (Wildman–Crippen LogP) is 6.01. The molecule has 0 bridgehead atoms. The number of hydrogen-bond acceptors (Lipinski definition) is 2. The summed E-state index contributed by atoms with van der Waals surface area (Å²) in [6, 6.07) is 24.3. The molecule has 2 nitrogen and oxygen atoms in total. The normalized spacial score (nSPS) is 10.8. The summed E-state index contributed by atoms with van der Waals surface area (Å²) in [6.45, 7) is 4.14. The van der Waals surface area contributed by atoms with E-state index in [1.165, 1.54) is 0 Å². The highest BCUT2D eigenvalue weighted by atomic mass is 16.5. The molecule has 0 N–H and O–H groups in total. The highest BCUT2D eigenvalue weighted by Gasteiger charge is 2.16. The van der Waals surface area contributed by atoms with Gasteiger partial charge in [-0.05, 0) is 47.7 Å². The maximum absolute atomic E-state index is 12.5. The second kappa shape index (κ2) is 8.30. The van der Waals surface area contributed by atoms with Crippen molar-refractivity contribution in [2.24, 2.45) is 0 Å². The minimum absolute atomic E-state index is 0.280. The standard InChI is InChI=1S/C24H22O2/c1-3-26-24(25)23-18(2)16-22(20-12-8-5-9-13-20)17-21(23)15-14-19-10-6-4-7-11-19/h4-17H,3H2,1-2H3/b15-14+. The Morgan fingerprint density at radius 3 is 2.19 bits per heavy atom. The van der Waals surface area contributed by atoms with Gasteiger partial charge in [0.25, 0.3) is 0 Å². The number of carbonyl (C=O) groups is 1. The average molecular weight is 342 g/mol. The molecule has 3 aromatic rings. The van der Waals surface area contributed by atoms with Crippen LogP contribution in [-0.4, -0.2) is 12.6 Å². The van der Waals surface area contributed by atoms with E-state index in [4.69, 9.17) is 4.74 Å². The second-order valence-electron chi connectivity index (χ2n) is 6.09. The topological polar surface area (TPSA) is 26.3 Å². The van der Waals surface area contributed by atoms with Crippen LogP contribution in [0.3, 0.4) is 0 Å². The van der Waals surface area contributed by atoms with Crippen molar-refractivity contribution in [1.29, 1.82) is 0 Å². The minimum Gasteiger partial charge on any atom is -0.462 e. The fourth-order valence-corrected chi connectivity index (χ4v) is 2.98. The quantitative estimate of drug-likeness (QED) is 0.419. The third-order valence-corrected chi connectivity index (χ3v) is 4.21. The van der Waals surface area contributed by atoms with Gasteiger partial charge in [0.05, 0.1) is 12.2 Å². The maximum atomic E-state index is 12.5. The van der Waals surface area contributed by atoms with Crippen LogP contribution >= 0.6 is 0 Å². The number of benzene rings is 3. The third kappa shape index (κ3) is 4.09. The van der Waals surface area contributed by atoms with Gasteiger partial charge in [-0.15, -0.1) is 0 Å². The number of ether oxygens (including phenoxy) is 1. The molecule has 0 aliphatic rings. The molecule has 130 valence electrons. The van der Waals surface area contributed by atoms with Crippen molar-refractivity contribution in [2.45, 2.75) is 13.8 Å². The molecular weight excluding hydrogens is 320 g/mol. The lowest BCUT2D eigenvalue weighted by Gasteiger charge is -2.12. The third-order valence-electron chi connectivity index (χ3n) is 4.21. The molecule has 3 aromatic carbocycles. The van der Waals surface area contributed by atoms with Gasteiger partial charge in [-0.2, -0.15) is 0 Å². The van der Waals surface area contributed by atoms with Crippen molar-refractivity contribution in [2.75, 3.05) is 6.61 Å². The summed E-state index contributed by atoms with van der Waals surface area (Å²) in [6.07, 6.45) is 4.01. The fourth-order valence-electron chi connectivity index (χ4n) is 2.98. The number of esters is 1. The van der Waals surface area contributed by atoms with E-state index in [0.717, 1.165) is 27.8 Å². The zero-order valence-electron chi connectivity index (χ0n) is 15.1. The van der Waals surface area contributed by atoms with Crippen LogP contribution < -0.4 is 0 Å². The van der Waals surface area contributed by atoms with Gasteiger partial charge in [-0.3, -0.25) is 0 Å². The Bertz CT molecular complexity index is 910. The van der Waals surface area contributed by atoms with Crippen molar-refractivity contribution in [1.82, 2.24) is 0 Å². The van der Waals surface area contributed by atoms with Crippen LogP contribution in [0.15, 0.2) is 72.8 Å². The Balaban J connectivity index is 2.09. The fraction of sp³-hybridized carbons (Fsp3) is 0.125. The summed E-state index contributed by atoms with van der Waals surface area (Å²) < 4.78 is 5.27. The number of hydrogen-bond donors (Lipinski definition) is 0. The molecule has 0 saturated carbocycles. The van der Waals surface area contributed by atoms with Gasteiger partial charge in [-0.25, -0.2) is 4.79 Å². The Kier molecular flexibility index (Phi) is 5.65. The second-order valence-corrected chi connectivity index (χ2v) is 6.09. The molecule has 3 rings (SSSR count). The molecule has 0 fully saturated rings. The maximum Gasteiger partial charge on any atom is 0.338 e. The van der Waals surface area contributed by atoms with E-state index >= 15 is 0 Å². The van der Waals surface area contributed by atoms with Crippen molar-refractivity contribution < 1.29 is 9.53 Å². The van der Waals surface area contributed by atoms with Crippen LogP contribution in [0.4, 0.5) is 0 Å². The first kappa shape index (κ1) is 17.7. The molecule has 2 heteroatoms. The van der Waals surface area contributed by atoms with Gasteiger partial charge >= 0.3 is 5.97 Å². The SMILES string of the molecule is CCOC(=O)c1c(C)cc(-c2ccccc2)cc1/C=C/c1ccccc1. The molecular formula is C24H22O2. The summed E-state index contributed by atoms with van der Waals surface area (Å²) in [5.41, 5.74) is 5.71. The first-order valence-electron chi connectivity index (χ1n) is 8.79. The van der Waals surface area contributed by atoms with Crippen LogP contribution in [0.2, 0.25) is 0 Å². The Morgan fingerprint density at radius 2 is 1.54 bits per heavy atom. The van der Waals surface area contributed by atoms with Crippen molar-refractivity contribution in [3.8, 4) is 11.1 Å². The van der Waals surface area contributed by atoms with Crippen LogP contribution in [0.25, 0.3) is 23.3 Å². The van der Waals surface area contributed by atoms with Crippen LogP contribution in [0.5, 0.6) is 0 Å². The molecule has 0 aliphatic carbocycles. The first-order valence-corrected chi connectivity index (χ1v) is 8.79. The van der Waals surface area contributed by atoms with Crippen molar-refractivity contribution in [3.63, 3.8) is 0 Å². The van der Waals surface area contributed by atoms with Crippen LogP contribution in [0.1, 0.15) is 34.0 Å². The molecule has 0 heterocycles. The van der Waals surface area contributed by atoms with E-state index in [-0.39, 0.29) is 5.97 Å². The van der Waals surface area contributed by atoms with E-state index in [1.54, 1.807) is 0 Å². The molecule has 0 aliphatic heterocycles. The minimum atomic E-state index is -0.280. The van der Waals surface area contributed by atoms with E-state index in [0.29, 0.717) is 12.2 Å². The largest absolute Gasteiger partial charge is 0.462 e. The van der Waals surface area contributed by atoms with E-state index in [1.807, 2.05) is 86.7 Å². The van der Waals surface area contributed by atoms with E-state index < -0.39 is 0 Å². The highest BCUT2D eigenvalue weighted by Crippen LogP contribution is 2.27. The van der Waals surface area contributed by atoms with Gasteiger partial charge in [0, 0.05) is 0 Å². The monoisotopic (exact) mass is 342 g/mol. The van der Waals surface area contributed by atoms with Gasteiger partial charge in [0.2, 0.25) is 0 Å². The van der Waals surface area contributed by atoms with Crippen molar-refractivity contribution in [3.05, 3.63) is 95.1 Å². The molecule has 0 aromatic heterocycles. The van der Waals surface area contributed by atoms with Gasteiger partial charge in [0.1, 0.15) is 0 Å². The zero-order valence-corrected chi connectivity index (χ0v) is 15.1. The van der Waals surface area contributed by atoms with Gasteiger partial charge in [-0.1, -0.05) is 78.9 Å². The molecule has 0 atom stereocenters. The molecule has 0 amide bonds. The Morgan fingerprint density at radius 1 is 0.885 bits per heavy atom. The highest BCUT2D eigenvalue weighted by molar-refractivity contribution is 5.97. The lowest BCUT2D eigenvalue weighted by molar-refractivity contribution is 0.0525. The lowest BCUT2D eigenvalue weighted by atomic mass is 9.94. The summed E-state index contributed by atoms with van der Waals surface area (Å²) >= 11 is 0. The molecule has 0 radical (unpaired) electrons. The first-order chi connectivity index (χ1) is 12.7. The summed E-state index contributed by atoms with van der Waals surface area (Å²) in [4.78, 5) is 12.5. The van der Waals surface area contributed by atoms with Crippen LogP contribution in [0, 0.1) is 6.92 Å². The van der Waals surface area contributed by atoms with Gasteiger partial charge < -0.3 is 4.74 Å². The number of rotatable bonds is 5. The number of aryl methyl sites for hydroxylation is 1. The summed E-state index contributed by atoms with van der Waals surface area (Å²) in [7, 11) is 0. The molecule has 0 spiro atoms. The van der Waals surface area contributed by atoms with Crippen LogP contribution in [-0.2, 0) is 4.74 Å². The smallest absolute Gasteiger partial charge is 0.338 e. The average Bonchev–Trinajstić information content (AvgIpc) is 2.67. The summed E-state index contributed by atoms with van der Waals surface area (Å²) in [5.74, 6) is -0.280. The number of carbonyl (C=O) groups excluding carboxylic acids is 1. The Labute approximate surface area is 154 Å². The molecule has 0 saturated heterocycles. The lowest BCUT2D eigenvalue weighted by Crippen LogP contribution is -2.09. The van der Waals surface area contributed by atoms with E-state index in [2.05, 4.69) is 12.1 Å². The molecule has 0 unspecified atom stereocenters. The van der Waals surface area contributed by atoms with Gasteiger partial charge in [0.15, 0.2) is 0 Å². The summed E-state index contributed by atoms with van der Waals surface area (Å²) in [5, 5.41) is 0. The predicted molar refractivity (Wildman–Crippen MR) is 108 cm³/mol.